The SMILES string of the molecule is CCCC1CCCCN1C(C)C(C)O. The third-order valence-corrected chi connectivity index (χ3v) is 3.52. The number of aliphatic hydroxyl groups is 1. The normalized spacial score (nSPS) is 28.7. The number of nitrogens with zero attached hydrogens (tertiary/aromatic N) is 1. The zero-order chi connectivity index (χ0) is 10.6. The van der Waals surface area contributed by atoms with Gasteiger partial charge in [-0.2, -0.15) is 0 Å². The zero-order valence-corrected chi connectivity index (χ0v) is 9.87. The van der Waals surface area contributed by atoms with E-state index in [2.05, 4.69) is 18.7 Å². The standard InChI is InChI=1S/C12H25NO/c1-4-7-12-8-5-6-9-13(12)10(2)11(3)14/h10-12,14H,4-9H2,1-3H3. The van der Waals surface area contributed by atoms with Crippen molar-refractivity contribution in [3.63, 3.8) is 0 Å². The molecule has 1 saturated heterocycles. The van der Waals surface area contributed by atoms with Crippen LogP contribution in [0.25, 0.3) is 0 Å². The van der Waals surface area contributed by atoms with Crippen molar-refractivity contribution < 1.29 is 5.11 Å². The molecule has 0 amide bonds. The Morgan fingerprint density at radius 1 is 1.36 bits per heavy atom. The Kier molecular flexibility index (Phi) is 4.90. The highest BCUT2D eigenvalue weighted by Crippen LogP contribution is 2.23. The maximum Gasteiger partial charge on any atom is 0.0664 e. The van der Waals surface area contributed by atoms with E-state index in [0.29, 0.717) is 6.04 Å². The molecule has 2 heteroatoms. The van der Waals surface area contributed by atoms with Crippen LogP contribution >= 0.6 is 0 Å². The summed E-state index contributed by atoms with van der Waals surface area (Å²) in [4.78, 5) is 2.51. The van der Waals surface area contributed by atoms with Crippen molar-refractivity contribution >= 4 is 0 Å². The minimum absolute atomic E-state index is 0.201. The van der Waals surface area contributed by atoms with E-state index < -0.39 is 0 Å². The first-order valence-corrected chi connectivity index (χ1v) is 6.10. The molecule has 0 aromatic heterocycles. The Bertz CT molecular complexity index is 156. The maximum absolute atomic E-state index is 9.62. The molecule has 0 spiro atoms. The molecule has 1 aliphatic heterocycles. The van der Waals surface area contributed by atoms with Crippen molar-refractivity contribution in [2.45, 2.75) is 71.1 Å². The van der Waals surface area contributed by atoms with Crippen molar-refractivity contribution in [1.82, 2.24) is 4.90 Å². The summed E-state index contributed by atoms with van der Waals surface area (Å²) in [6.45, 7) is 7.48. The monoisotopic (exact) mass is 199 g/mol. The third-order valence-electron chi connectivity index (χ3n) is 3.52. The molecule has 0 radical (unpaired) electrons. The van der Waals surface area contributed by atoms with Crippen molar-refractivity contribution in [2.24, 2.45) is 0 Å². The average Bonchev–Trinajstić information content (AvgIpc) is 2.18. The Morgan fingerprint density at radius 3 is 2.64 bits per heavy atom. The van der Waals surface area contributed by atoms with Gasteiger partial charge in [-0.15, -0.1) is 0 Å². The average molecular weight is 199 g/mol. The van der Waals surface area contributed by atoms with Crippen LogP contribution in [0.4, 0.5) is 0 Å². The van der Waals surface area contributed by atoms with Crippen LogP contribution in [-0.2, 0) is 0 Å². The second-order valence-corrected chi connectivity index (χ2v) is 4.66. The highest BCUT2D eigenvalue weighted by Gasteiger charge is 2.27. The fourth-order valence-electron chi connectivity index (χ4n) is 2.48. The van der Waals surface area contributed by atoms with Gasteiger partial charge in [0.1, 0.15) is 0 Å². The lowest BCUT2D eigenvalue weighted by Gasteiger charge is -2.41. The van der Waals surface area contributed by atoms with E-state index in [4.69, 9.17) is 0 Å². The Morgan fingerprint density at radius 2 is 2.07 bits per heavy atom. The number of hydrogen-bond acceptors (Lipinski definition) is 2. The van der Waals surface area contributed by atoms with E-state index in [1.165, 1.54) is 38.6 Å². The molecular weight excluding hydrogens is 174 g/mol. The molecule has 0 aromatic carbocycles. The fourth-order valence-corrected chi connectivity index (χ4v) is 2.48. The molecule has 0 bridgehead atoms. The molecule has 1 heterocycles. The van der Waals surface area contributed by atoms with Crippen LogP contribution in [0.15, 0.2) is 0 Å². The van der Waals surface area contributed by atoms with Crippen molar-refractivity contribution in [3.05, 3.63) is 0 Å². The van der Waals surface area contributed by atoms with Crippen LogP contribution < -0.4 is 0 Å². The summed E-state index contributed by atoms with van der Waals surface area (Å²) in [5.41, 5.74) is 0. The van der Waals surface area contributed by atoms with Crippen LogP contribution in [0, 0.1) is 0 Å². The second-order valence-electron chi connectivity index (χ2n) is 4.66. The number of rotatable bonds is 4. The molecule has 14 heavy (non-hydrogen) atoms. The number of likely N-dealkylation sites (tertiary alicyclic amines) is 1. The lowest BCUT2D eigenvalue weighted by atomic mass is 9.95. The molecule has 1 N–H and O–H groups in total. The molecule has 0 saturated carbocycles. The fraction of sp³-hybridized carbons (Fsp3) is 1.00. The Balaban J connectivity index is 2.52. The van der Waals surface area contributed by atoms with E-state index in [1.807, 2.05) is 6.92 Å². The van der Waals surface area contributed by atoms with Crippen LogP contribution in [-0.4, -0.2) is 34.7 Å². The van der Waals surface area contributed by atoms with Gasteiger partial charge in [0.25, 0.3) is 0 Å². The van der Waals surface area contributed by atoms with Crippen LogP contribution in [0.3, 0.4) is 0 Å². The van der Waals surface area contributed by atoms with Crippen molar-refractivity contribution in [2.75, 3.05) is 6.54 Å². The Labute approximate surface area is 88.3 Å². The molecule has 3 atom stereocenters. The van der Waals surface area contributed by atoms with Gasteiger partial charge < -0.3 is 5.11 Å². The zero-order valence-electron chi connectivity index (χ0n) is 9.87. The van der Waals surface area contributed by atoms with Gasteiger partial charge in [0, 0.05) is 12.1 Å². The lowest BCUT2D eigenvalue weighted by Crippen LogP contribution is -2.49. The van der Waals surface area contributed by atoms with Gasteiger partial charge in [-0.1, -0.05) is 19.8 Å². The summed E-state index contributed by atoms with van der Waals surface area (Å²) in [7, 11) is 0. The van der Waals surface area contributed by atoms with E-state index in [1.54, 1.807) is 0 Å². The van der Waals surface area contributed by atoms with Gasteiger partial charge in [0.15, 0.2) is 0 Å². The van der Waals surface area contributed by atoms with E-state index in [9.17, 15) is 5.11 Å². The van der Waals surface area contributed by atoms with E-state index in [0.717, 1.165) is 6.04 Å². The molecule has 1 fully saturated rings. The predicted molar refractivity (Wildman–Crippen MR) is 60.4 cm³/mol. The van der Waals surface area contributed by atoms with Crippen molar-refractivity contribution in [1.29, 1.82) is 0 Å². The van der Waals surface area contributed by atoms with E-state index in [-0.39, 0.29) is 6.10 Å². The smallest absolute Gasteiger partial charge is 0.0664 e. The molecule has 0 aromatic rings. The van der Waals surface area contributed by atoms with Gasteiger partial charge in [-0.05, 0) is 39.7 Å². The predicted octanol–water partition coefficient (Wildman–Crippen LogP) is 2.41. The second kappa shape index (κ2) is 5.72. The number of aliphatic hydroxyl groups excluding tert-OH is 1. The van der Waals surface area contributed by atoms with Gasteiger partial charge in [-0.25, -0.2) is 0 Å². The lowest BCUT2D eigenvalue weighted by molar-refractivity contribution is 0.0220. The summed E-state index contributed by atoms with van der Waals surface area (Å²) in [6, 6.07) is 1.05. The van der Waals surface area contributed by atoms with Gasteiger partial charge >= 0.3 is 0 Å². The molecular formula is C12H25NO. The van der Waals surface area contributed by atoms with Gasteiger partial charge in [0.05, 0.1) is 6.10 Å². The van der Waals surface area contributed by atoms with Gasteiger partial charge in [-0.3, -0.25) is 4.90 Å². The molecule has 1 rings (SSSR count). The topological polar surface area (TPSA) is 23.5 Å². The summed E-state index contributed by atoms with van der Waals surface area (Å²) in [5.74, 6) is 0. The highest BCUT2D eigenvalue weighted by atomic mass is 16.3. The summed E-state index contributed by atoms with van der Waals surface area (Å²) in [6.07, 6.45) is 6.34. The largest absolute Gasteiger partial charge is 0.392 e. The first kappa shape index (κ1) is 12.0. The molecule has 0 aliphatic carbocycles. The summed E-state index contributed by atoms with van der Waals surface area (Å²) >= 11 is 0. The number of hydrogen-bond donors (Lipinski definition) is 1. The first-order chi connectivity index (χ1) is 6.66. The van der Waals surface area contributed by atoms with Crippen LogP contribution in [0.1, 0.15) is 52.9 Å². The van der Waals surface area contributed by atoms with E-state index >= 15 is 0 Å². The maximum atomic E-state index is 9.62. The first-order valence-electron chi connectivity index (χ1n) is 6.10. The van der Waals surface area contributed by atoms with Crippen LogP contribution in [0.5, 0.6) is 0 Å². The third kappa shape index (κ3) is 2.96. The molecule has 2 nitrogen and oxygen atoms in total. The minimum Gasteiger partial charge on any atom is -0.392 e. The summed E-state index contributed by atoms with van der Waals surface area (Å²) < 4.78 is 0. The molecule has 84 valence electrons. The quantitative estimate of drug-likeness (QED) is 0.751. The summed E-state index contributed by atoms with van der Waals surface area (Å²) in [5, 5.41) is 9.62. The van der Waals surface area contributed by atoms with Crippen molar-refractivity contribution in [3.8, 4) is 0 Å². The molecule has 3 unspecified atom stereocenters. The van der Waals surface area contributed by atoms with Crippen LogP contribution in [0.2, 0.25) is 0 Å². The van der Waals surface area contributed by atoms with Gasteiger partial charge in [0.2, 0.25) is 0 Å². The molecule has 1 aliphatic rings. The highest BCUT2D eigenvalue weighted by molar-refractivity contribution is 4.82. The number of piperidine rings is 1. The minimum atomic E-state index is -0.201. The Hall–Kier alpha value is -0.0800.